The van der Waals surface area contributed by atoms with Gasteiger partial charge in [0.1, 0.15) is 11.2 Å². The van der Waals surface area contributed by atoms with Gasteiger partial charge in [0.15, 0.2) is 0 Å². The van der Waals surface area contributed by atoms with Crippen molar-refractivity contribution in [3.05, 3.63) is 59.4 Å². The molecule has 124 valence electrons. The first-order valence-electron chi connectivity index (χ1n) is 7.87. The van der Waals surface area contributed by atoms with Crippen LogP contribution in [0.3, 0.4) is 0 Å². The second-order valence-electron chi connectivity index (χ2n) is 6.27. The van der Waals surface area contributed by atoms with E-state index < -0.39 is 17.1 Å². The number of carbonyl (C=O) groups is 2. The fraction of sp³-hybridized carbons (Fsp3) is 0.263. The summed E-state index contributed by atoms with van der Waals surface area (Å²) in [5, 5.41) is 5.53. The molecule has 24 heavy (non-hydrogen) atoms. The van der Waals surface area contributed by atoms with Crippen molar-refractivity contribution in [3.63, 3.8) is 0 Å². The van der Waals surface area contributed by atoms with Gasteiger partial charge >= 0.3 is 0 Å². The fourth-order valence-corrected chi connectivity index (χ4v) is 2.74. The molecule has 0 atom stereocenters. The van der Waals surface area contributed by atoms with Crippen LogP contribution in [0.15, 0.2) is 42.5 Å². The third-order valence-electron chi connectivity index (χ3n) is 4.42. The molecule has 0 heterocycles. The average molecular weight is 326 g/mol. The van der Waals surface area contributed by atoms with E-state index in [1.165, 1.54) is 18.2 Å². The number of hydrogen-bond donors (Lipinski definition) is 2. The lowest BCUT2D eigenvalue weighted by Gasteiger charge is -2.17. The molecule has 0 bridgehead atoms. The number of nitrogens with one attached hydrogen (secondary N) is 2. The van der Waals surface area contributed by atoms with E-state index in [1.54, 1.807) is 6.07 Å². The summed E-state index contributed by atoms with van der Waals surface area (Å²) in [5.74, 6) is -1.14. The predicted molar refractivity (Wildman–Crippen MR) is 91.2 cm³/mol. The maximum Gasteiger partial charge on any atom is 0.240 e. The van der Waals surface area contributed by atoms with Crippen molar-refractivity contribution in [1.29, 1.82) is 0 Å². The molecule has 0 aromatic heterocycles. The van der Waals surface area contributed by atoms with Crippen LogP contribution in [0.25, 0.3) is 0 Å². The molecule has 1 aliphatic carbocycles. The van der Waals surface area contributed by atoms with Crippen LogP contribution >= 0.6 is 0 Å². The van der Waals surface area contributed by atoms with Gasteiger partial charge in [0, 0.05) is 11.4 Å². The molecule has 1 saturated carbocycles. The smallest absolute Gasteiger partial charge is 0.240 e. The quantitative estimate of drug-likeness (QED) is 0.840. The molecular formula is C19H19FN2O2. The monoisotopic (exact) mass is 326 g/mol. The summed E-state index contributed by atoms with van der Waals surface area (Å²) in [5.41, 5.74) is 1.92. The molecule has 0 unspecified atom stereocenters. The summed E-state index contributed by atoms with van der Waals surface area (Å²) in [6.45, 7) is 3.82. The molecule has 0 radical (unpaired) electrons. The van der Waals surface area contributed by atoms with E-state index in [9.17, 15) is 14.0 Å². The summed E-state index contributed by atoms with van der Waals surface area (Å²) in [4.78, 5) is 25.2. The van der Waals surface area contributed by atoms with Crippen molar-refractivity contribution in [1.82, 2.24) is 0 Å². The zero-order chi connectivity index (χ0) is 17.3. The zero-order valence-corrected chi connectivity index (χ0v) is 13.7. The zero-order valence-electron chi connectivity index (χ0n) is 13.7. The number of aryl methyl sites for hydroxylation is 2. The largest absolute Gasteiger partial charge is 0.325 e. The molecule has 1 fully saturated rings. The number of hydrogen-bond acceptors (Lipinski definition) is 2. The van der Waals surface area contributed by atoms with E-state index in [4.69, 9.17) is 0 Å². The van der Waals surface area contributed by atoms with Crippen molar-refractivity contribution in [2.45, 2.75) is 26.7 Å². The topological polar surface area (TPSA) is 58.2 Å². The summed E-state index contributed by atoms with van der Waals surface area (Å²) in [7, 11) is 0. The fourth-order valence-electron chi connectivity index (χ4n) is 2.74. The van der Waals surface area contributed by atoms with Crippen LogP contribution in [0.4, 0.5) is 15.8 Å². The molecule has 2 aromatic carbocycles. The standard InChI is InChI=1S/C19H19FN2O2/c1-12-5-3-6-13(2)16(12)22-18(24)19(9-10-19)17(23)21-15-8-4-7-14(20)11-15/h3-8,11H,9-10H2,1-2H3,(H,21,23)(H,22,24). The van der Waals surface area contributed by atoms with E-state index in [0.717, 1.165) is 16.8 Å². The van der Waals surface area contributed by atoms with Gasteiger partial charge in [0.2, 0.25) is 11.8 Å². The maximum atomic E-state index is 13.2. The number of benzene rings is 2. The molecule has 2 aromatic rings. The Labute approximate surface area is 140 Å². The molecule has 3 rings (SSSR count). The summed E-state index contributed by atoms with van der Waals surface area (Å²) >= 11 is 0. The van der Waals surface area contributed by atoms with Gasteiger partial charge in [-0.1, -0.05) is 24.3 Å². The number of carbonyl (C=O) groups excluding carboxylic acids is 2. The highest BCUT2D eigenvalue weighted by Crippen LogP contribution is 2.47. The van der Waals surface area contributed by atoms with Gasteiger partial charge in [0.25, 0.3) is 0 Å². The molecular weight excluding hydrogens is 307 g/mol. The lowest BCUT2D eigenvalue weighted by atomic mass is 10.0. The maximum absolute atomic E-state index is 13.2. The van der Waals surface area contributed by atoms with E-state index in [0.29, 0.717) is 18.5 Å². The predicted octanol–water partition coefficient (Wildman–Crippen LogP) is 3.80. The second-order valence-corrected chi connectivity index (χ2v) is 6.27. The molecule has 0 saturated heterocycles. The summed E-state index contributed by atoms with van der Waals surface area (Å²) in [6, 6.07) is 11.4. The first-order valence-corrected chi connectivity index (χ1v) is 7.87. The molecule has 4 nitrogen and oxygen atoms in total. The number of anilines is 2. The van der Waals surface area contributed by atoms with E-state index >= 15 is 0 Å². The minimum Gasteiger partial charge on any atom is -0.325 e. The molecule has 2 amide bonds. The van der Waals surface area contributed by atoms with E-state index in [-0.39, 0.29) is 5.91 Å². The van der Waals surface area contributed by atoms with Gasteiger partial charge in [-0.2, -0.15) is 0 Å². The van der Waals surface area contributed by atoms with E-state index in [2.05, 4.69) is 10.6 Å². The van der Waals surface area contributed by atoms with Gasteiger partial charge in [0.05, 0.1) is 0 Å². The Morgan fingerprint density at radius 2 is 1.54 bits per heavy atom. The average Bonchev–Trinajstić information content (AvgIpc) is 3.33. The Morgan fingerprint density at radius 1 is 0.958 bits per heavy atom. The van der Waals surface area contributed by atoms with Gasteiger partial charge in [-0.3, -0.25) is 9.59 Å². The molecule has 1 aliphatic rings. The molecule has 0 aliphatic heterocycles. The summed E-state index contributed by atoms with van der Waals surface area (Å²) in [6.07, 6.45) is 0.982. The Balaban J connectivity index is 1.75. The molecule has 5 heteroatoms. The van der Waals surface area contributed by atoms with Gasteiger partial charge in [-0.05, 0) is 56.0 Å². The Morgan fingerprint density at radius 3 is 2.12 bits per heavy atom. The third-order valence-corrected chi connectivity index (χ3v) is 4.42. The number of rotatable bonds is 4. The van der Waals surface area contributed by atoms with Crippen LogP contribution in [0.2, 0.25) is 0 Å². The molecule has 2 N–H and O–H groups in total. The van der Waals surface area contributed by atoms with Crippen molar-refractivity contribution in [2.24, 2.45) is 5.41 Å². The van der Waals surface area contributed by atoms with Crippen LogP contribution in [0, 0.1) is 25.1 Å². The van der Waals surface area contributed by atoms with Crippen molar-refractivity contribution in [2.75, 3.05) is 10.6 Å². The molecule has 0 spiro atoms. The highest BCUT2D eigenvalue weighted by molar-refractivity contribution is 6.17. The van der Waals surface area contributed by atoms with Gasteiger partial charge in [-0.25, -0.2) is 4.39 Å². The Kier molecular flexibility index (Phi) is 4.09. The Hall–Kier alpha value is -2.69. The second kappa shape index (κ2) is 6.07. The van der Waals surface area contributed by atoms with Crippen molar-refractivity contribution < 1.29 is 14.0 Å². The lowest BCUT2D eigenvalue weighted by Crippen LogP contribution is -2.36. The highest BCUT2D eigenvalue weighted by atomic mass is 19.1. The highest BCUT2D eigenvalue weighted by Gasteiger charge is 2.56. The van der Waals surface area contributed by atoms with Crippen molar-refractivity contribution >= 4 is 23.2 Å². The van der Waals surface area contributed by atoms with Gasteiger partial charge in [-0.15, -0.1) is 0 Å². The normalized spacial score (nSPS) is 14.8. The van der Waals surface area contributed by atoms with Crippen LogP contribution in [-0.2, 0) is 9.59 Å². The first kappa shape index (κ1) is 16.2. The van der Waals surface area contributed by atoms with Crippen LogP contribution in [-0.4, -0.2) is 11.8 Å². The minimum atomic E-state index is -1.07. The summed E-state index contributed by atoms with van der Waals surface area (Å²) < 4.78 is 13.2. The van der Waals surface area contributed by atoms with Crippen LogP contribution in [0.1, 0.15) is 24.0 Å². The first-order chi connectivity index (χ1) is 11.4. The van der Waals surface area contributed by atoms with Crippen LogP contribution in [0.5, 0.6) is 0 Å². The number of halogens is 1. The number of para-hydroxylation sites is 1. The van der Waals surface area contributed by atoms with Crippen LogP contribution < -0.4 is 10.6 Å². The van der Waals surface area contributed by atoms with Gasteiger partial charge < -0.3 is 10.6 Å². The third kappa shape index (κ3) is 3.02. The SMILES string of the molecule is Cc1cccc(C)c1NC(=O)C1(C(=O)Nc2cccc(F)c2)CC1. The van der Waals surface area contributed by atoms with Crippen molar-refractivity contribution in [3.8, 4) is 0 Å². The lowest BCUT2D eigenvalue weighted by molar-refractivity contribution is -0.131. The Bertz CT molecular complexity index is 793. The number of amides is 2. The van der Waals surface area contributed by atoms with E-state index in [1.807, 2.05) is 32.0 Å². The minimum absolute atomic E-state index is 0.311.